The van der Waals surface area contributed by atoms with Gasteiger partial charge in [0, 0.05) is 11.6 Å². The summed E-state index contributed by atoms with van der Waals surface area (Å²) in [6.45, 7) is 5.54. The SMILES string of the molecule is CCOC(=O)C=Cc1ccc(C(C)=O)c(C)c1. The van der Waals surface area contributed by atoms with Crippen molar-refractivity contribution in [1.29, 1.82) is 0 Å². The average Bonchev–Trinajstić information content (AvgIpc) is 2.26. The van der Waals surface area contributed by atoms with Gasteiger partial charge in [-0.1, -0.05) is 18.2 Å². The second-order valence-electron chi connectivity index (χ2n) is 3.72. The van der Waals surface area contributed by atoms with Gasteiger partial charge in [0.15, 0.2) is 5.78 Å². The molecule has 0 radical (unpaired) electrons. The number of ketones is 1. The normalized spacial score (nSPS) is 10.5. The summed E-state index contributed by atoms with van der Waals surface area (Å²) in [4.78, 5) is 22.3. The monoisotopic (exact) mass is 232 g/mol. The number of aryl methyl sites for hydroxylation is 1. The number of esters is 1. The molecule has 1 aromatic carbocycles. The lowest BCUT2D eigenvalue weighted by atomic mass is 10.0. The predicted octanol–water partition coefficient (Wildman–Crippen LogP) is 2.77. The van der Waals surface area contributed by atoms with Gasteiger partial charge >= 0.3 is 5.97 Å². The fourth-order valence-electron chi connectivity index (χ4n) is 1.54. The van der Waals surface area contributed by atoms with E-state index in [0.717, 1.165) is 11.1 Å². The van der Waals surface area contributed by atoms with E-state index in [0.29, 0.717) is 12.2 Å². The smallest absolute Gasteiger partial charge is 0.330 e. The largest absolute Gasteiger partial charge is 0.463 e. The third-order valence-electron chi connectivity index (χ3n) is 2.33. The second kappa shape index (κ2) is 5.99. The van der Waals surface area contributed by atoms with Crippen molar-refractivity contribution in [2.24, 2.45) is 0 Å². The zero-order valence-electron chi connectivity index (χ0n) is 10.3. The first-order valence-electron chi connectivity index (χ1n) is 5.51. The fraction of sp³-hybridized carbons (Fsp3) is 0.286. The molecule has 0 saturated carbocycles. The molecule has 0 heterocycles. The van der Waals surface area contributed by atoms with E-state index >= 15 is 0 Å². The molecule has 0 spiro atoms. The molecule has 0 fully saturated rings. The Morgan fingerprint density at radius 1 is 1.35 bits per heavy atom. The lowest BCUT2D eigenvalue weighted by Gasteiger charge is -2.02. The van der Waals surface area contributed by atoms with Crippen LogP contribution in [-0.4, -0.2) is 18.4 Å². The molecule has 0 aromatic heterocycles. The molecule has 0 amide bonds. The lowest BCUT2D eigenvalue weighted by molar-refractivity contribution is -0.137. The maximum absolute atomic E-state index is 11.2. The molecule has 0 aliphatic heterocycles. The highest BCUT2D eigenvalue weighted by Crippen LogP contribution is 2.13. The van der Waals surface area contributed by atoms with E-state index in [1.807, 2.05) is 13.0 Å². The predicted molar refractivity (Wildman–Crippen MR) is 66.9 cm³/mol. The van der Waals surface area contributed by atoms with Crippen LogP contribution in [0.25, 0.3) is 6.08 Å². The molecule has 1 aromatic rings. The first-order valence-corrected chi connectivity index (χ1v) is 5.51. The van der Waals surface area contributed by atoms with Crippen LogP contribution in [0.15, 0.2) is 24.3 Å². The van der Waals surface area contributed by atoms with Crippen molar-refractivity contribution >= 4 is 17.8 Å². The molecule has 0 bridgehead atoms. The van der Waals surface area contributed by atoms with Crippen molar-refractivity contribution in [3.8, 4) is 0 Å². The van der Waals surface area contributed by atoms with Gasteiger partial charge < -0.3 is 4.74 Å². The Morgan fingerprint density at radius 3 is 2.59 bits per heavy atom. The van der Waals surface area contributed by atoms with Gasteiger partial charge in [0.2, 0.25) is 0 Å². The number of hydrogen-bond acceptors (Lipinski definition) is 3. The minimum Gasteiger partial charge on any atom is -0.463 e. The van der Waals surface area contributed by atoms with Crippen LogP contribution in [0.1, 0.15) is 35.3 Å². The molecule has 17 heavy (non-hydrogen) atoms. The standard InChI is InChI=1S/C14H16O3/c1-4-17-14(16)8-6-12-5-7-13(11(3)15)10(2)9-12/h5-9H,4H2,1-3H3. The number of carbonyl (C=O) groups excluding carboxylic acids is 2. The van der Waals surface area contributed by atoms with Crippen LogP contribution >= 0.6 is 0 Å². The highest BCUT2D eigenvalue weighted by atomic mass is 16.5. The molecular formula is C14H16O3. The molecule has 0 N–H and O–H groups in total. The van der Waals surface area contributed by atoms with Gasteiger partial charge in [0.25, 0.3) is 0 Å². The summed E-state index contributed by atoms with van der Waals surface area (Å²) in [5.41, 5.74) is 2.49. The number of carbonyl (C=O) groups is 2. The zero-order chi connectivity index (χ0) is 12.8. The number of Topliss-reactive ketones (excluding diaryl/α,β-unsaturated/α-hetero) is 1. The molecule has 0 unspecified atom stereocenters. The van der Waals surface area contributed by atoms with Gasteiger partial charge in [-0.05, 0) is 38.0 Å². The van der Waals surface area contributed by atoms with Crippen molar-refractivity contribution in [3.05, 3.63) is 41.0 Å². The third-order valence-corrected chi connectivity index (χ3v) is 2.33. The summed E-state index contributed by atoms with van der Waals surface area (Å²) < 4.78 is 4.78. The molecule has 0 aliphatic carbocycles. The van der Waals surface area contributed by atoms with E-state index in [9.17, 15) is 9.59 Å². The van der Waals surface area contributed by atoms with Gasteiger partial charge in [-0.15, -0.1) is 0 Å². The van der Waals surface area contributed by atoms with Crippen LogP contribution in [-0.2, 0) is 9.53 Å². The van der Waals surface area contributed by atoms with E-state index in [4.69, 9.17) is 4.74 Å². The van der Waals surface area contributed by atoms with Crippen molar-refractivity contribution in [1.82, 2.24) is 0 Å². The van der Waals surface area contributed by atoms with Gasteiger partial charge in [-0.3, -0.25) is 4.79 Å². The Bertz CT molecular complexity index is 459. The quantitative estimate of drug-likeness (QED) is 0.455. The van der Waals surface area contributed by atoms with Gasteiger partial charge in [0.05, 0.1) is 6.61 Å². The molecular weight excluding hydrogens is 216 g/mol. The molecule has 3 nitrogen and oxygen atoms in total. The summed E-state index contributed by atoms with van der Waals surface area (Å²) in [6, 6.07) is 5.44. The summed E-state index contributed by atoms with van der Waals surface area (Å²) in [5, 5.41) is 0. The lowest BCUT2D eigenvalue weighted by Crippen LogP contribution is -1.99. The Kier molecular flexibility index (Phi) is 4.64. The first-order chi connectivity index (χ1) is 8.04. The summed E-state index contributed by atoms with van der Waals surface area (Å²) in [6.07, 6.45) is 3.06. The minimum atomic E-state index is -0.360. The maximum Gasteiger partial charge on any atom is 0.330 e. The van der Waals surface area contributed by atoms with Crippen LogP contribution in [0.2, 0.25) is 0 Å². The average molecular weight is 232 g/mol. The number of benzene rings is 1. The Balaban J connectivity index is 2.84. The van der Waals surface area contributed by atoms with Crippen molar-refractivity contribution < 1.29 is 14.3 Å². The molecule has 0 atom stereocenters. The number of rotatable bonds is 4. The second-order valence-corrected chi connectivity index (χ2v) is 3.72. The topological polar surface area (TPSA) is 43.4 Å². The van der Waals surface area contributed by atoms with E-state index in [2.05, 4.69) is 0 Å². The summed E-state index contributed by atoms with van der Waals surface area (Å²) in [5.74, 6) is -0.316. The van der Waals surface area contributed by atoms with Gasteiger partial charge in [-0.25, -0.2) is 4.79 Å². The van der Waals surface area contributed by atoms with E-state index in [-0.39, 0.29) is 11.8 Å². The highest BCUT2D eigenvalue weighted by molar-refractivity contribution is 5.96. The van der Waals surface area contributed by atoms with Gasteiger partial charge in [0.1, 0.15) is 0 Å². The molecule has 0 aliphatic rings. The third kappa shape index (κ3) is 3.87. The van der Waals surface area contributed by atoms with Crippen molar-refractivity contribution in [2.45, 2.75) is 20.8 Å². The highest BCUT2D eigenvalue weighted by Gasteiger charge is 2.03. The molecule has 90 valence electrons. The number of hydrogen-bond donors (Lipinski definition) is 0. The summed E-state index contributed by atoms with van der Waals surface area (Å²) in [7, 11) is 0. The number of ether oxygens (including phenoxy) is 1. The fourth-order valence-corrected chi connectivity index (χ4v) is 1.54. The van der Waals surface area contributed by atoms with E-state index < -0.39 is 0 Å². The molecule has 1 rings (SSSR count). The van der Waals surface area contributed by atoms with Crippen LogP contribution in [0.5, 0.6) is 0 Å². The minimum absolute atomic E-state index is 0.0448. The zero-order valence-corrected chi connectivity index (χ0v) is 10.3. The first kappa shape index (κ1) is 13.2. The summed E-state index contributed by atoms with van der Waals surface area (Å²) >= 11 is 0. The molecule has 3 heteroatoms. The van der Waals surface area contributed by atoms with Crippen LogP contribution in [0.4, 0.5) is 0 Å². The van der Waals surface area contributed by atoms with Crippen LogP contribution < -0.4 is 0 Å². The maximum atomic E-state index is 11.2. The Morgan fingerprint density at radius 2 is 2.06 bits per heavy atom. The van der Waals surface area contributed by atoms with Crippen LogP contribution in [0.3, 0.4) is 0 Å². The Hall–Kier alpha value is -1.90. The molecule has 0 saturated heterocycles. The van der Waals surface area contributed by atoms with Crippen LogP contribution in [0, 0.1) is 6.92 Å². The Labute approximate surface area is 101 Å². The van der Waals surface area contributed by atoms with Crippen molar-refractivity contribution in [2.75, 3.05) is 6.61 Å². The van der Waals surface area contributed by atoms with E-state index in [1.165, 1.54) is 13.0 Å². The van der Waals surface area contributed by atoms with E-state index in [1.54, 1.807) is 25.1 Å². The van der Waals surface area contributed by atoms with Gasteiger partial charge in [-0.2, -0.15) is 0 Å². The van der Waals surface area contributed by atoms with Crippen molar-refractivity contribution in [3.63, 3.8) is 0 Å².